The maximum absolute atomic E-state index is 12.6. The standard InChI is InChI=1S/C19H22ClNO3/c1-5-16(24-17-8-6-12(2)10-13(17)3)19(22)21-15-11-14(20)7-9-18(15)23-4/h6-11,16H,5H2,1-4H3,(H,21,22)/t16-/m1/s1. The molecule has 0 saturated heterocycles. The summed E-state index contributed by atoms with van der Waals surface area (Å²) in [6, 6.07) is 11.0. The van der Waals surface area contributed by atoms with E-state index in [4.69, 9.17) is 21.1 Å². The van der Waals surface area contributed by atoms with Gasteiger partial charge < -0.3 is 14.8 Å². The molecular weight excluding hydrogens is 326 g/mol. The van der Waals surface area contributed by atoms with Gasteiger partial charge in [0, 0.05) is 5.02 Å². The smallest absolute Gasteiger partial charge is 0.265 e. The number of halogens is 1. The average Bonchev–Trinajstić information content (AvgIpc) is 2.54. The lowest BCUT2D eigenvalue weighted by atomic mass is 10.1. The minimum atomic E-state index is -0.602. The number of hydrogen-bond donors (Lipinski definition) is 1. The molecule has 5 heteroatoms. The molecule has 2 aromatic carbocycles. The zero-order valence-electron chi connectivity index (χ0n) is 14.4. The van der Waals surface area contributed by atoms with Crippen molar-refractivity contribution in [2.75, 3.05) is 12.4 Å². The third kappa shape index (κ3) is 4.42. The van der Waals surface area contributed by atoms with E-state index in [0.29, 0.717) is 28.6 Å². The van der Waals surface area contributed by atoms with Gasteiger partial charge in [0.2, 0.25) is 0 Å². The first-order valence-electron chi connectivity index (χ1n) is 7.83. The minimum absolute atomic E-state index is 0.238. The summed E-state index contributed by atoms with van der Waals surface area (Å²) in [5, 5.41) is 3.35. The van der Waals surface area contributed by atoms with Gasteiger partial charge in [-0.2, -0.15) is 0 Å². The Morgan fingerprint density at radius 1 is 1.17 bits per heavy atom. The van der Waals surface area contributed by atoms with Crippen molar-refractivity contribution >= 4 is 23.2 Å². The number of carbonyl (C=O) groups excluding carboxylic acids is 1. The fourth-order valence-electron chi connectivity index (χ4n) is 2.40. The largest absolute Gasteiger partial charge is 0.495 e. The van der Waals surface area contributed by atoms with Crippen LogP contribution < -0.4 is 14.8 Å². The summed E-state index contributed by atoms with van der Waals surface area (Å²) < 4.78 is 11.2. The molecule has 0 fully saturated rings. The summed E-state index contributed by atoms with van der Waals surface area (Å²) in [5.74, 6) is 1.02. The Morgan fingerprint density at radius 2 is 1.88 bits per heavy atom. The van der Waals surface area contributed by atoms with E-state index in [2.05, 4.69) is 5.32 Å². The lowest BCUT2D eigenvalue weighted by molar-refractivity contribution is -0.122. The molecule has 0 aliphatic rings. The van der Waals surface area contributed by atoms with Crippen molar-refractivity contribution in [2.45, 2.75) is 33.3 Å². The molecule has 0 spiro atoms. The number of ether oxygens (including phenoxy) is 2. The van der Waals surface area contributed by atoms with Crippen LogP contribution in [-0.2, 0) is 4.79 Å². The fraction of sp³-hybridized carbons (Fsp3) is 0.316. The Balaban J connectivity index is 2.16. The molecule has 1 atom stereocenters. The van der Waals surface area contributed by atoms with Crippen LogP contribution in [-0.4, -0.2) is 19.1 Å². The van der Waals surface area contributed by atoms with Crippen molar-refractivity contribution in [3.8, 4) is 11.5 Å². The molecule has 0 saturated carbocycles. The first-order valence-corrected chi connectivity index (χ1v) is 8.20. The predicted molar refractivity (Wildman–Crippen MR) is 97.3 cm³/mol. The third-order valence-corrected chi connectivity index (χ3v) is 3.92. The predicted octanol–water partition coefficient (Wildman–Crippen LogP) is 4.76. The van der Waals surface area contributed by atoms with Crippen LogP contribution in [0.1, 0.15) is 24.5 Å². The van der Waals surface area contributed by atoms with Crippen LogP contribution in [0, 0.1) is 13.8 Å². The molecule has 0 radical (unpaired) electrons. The monoisotopic (exact) mass is 347 g/mol. The van der Waals surface area contributed by atoms with Crippen LogP contribution in [0.5, 0.6) is 11.5 Å². The Morgan fingerprint density at radius 3 is 2.50 bits per heavy atom. The van der Waals surface area contributed by atoms with Gasteiger partial charge in [0.15, 0.2) is 6.10 Å². The molecular formula is C19H22ClNO3. The number of anilines is 1. The number of methoxy groups -OCH3 is 1. The summed E-state index contributed by atoms with van der Waals surface area (Å²) >= 11 is 6.00. The average molecular weight is 348 g/mol. The van der Waals surface area contributed by atoms with Crippen LogP contribution in [0.4, 0.5) is 5.69 Å². The van der Waals surface area contributed by atoms with Gasteiger partial charge in [-0.1, -0.05) is 36.2 Å². The molecule has 0 aromatic heterocycles. The summed E-state index contributed by atoms with van der Waals surface area (Å²) in [6.45, 7) is 5.89. The zero-order chi connectivity index (χ0) is 17.7. The molecule has 2 aromatic rings. The van der Waals surface area contributed by atoms with Crippen molar-refractivity contribution in [3.63, 3.8) is 0 Å². The lowest BCUT2D eigenvalue weighted by Crippen LogP contribution is -2.32. The number of hydrogen-bond acceptors (Lipinski definition) is 3. The zero-order valence-corrected chi connectivity index (χ0v) is 15.1. The minimum Gasteiger partial charge on any atom is -0.495 e. The molecule has 0 heterocycles. The Hall–Kier alpha value is -2.20. The number of carbonyl (C=O) groups is 1. The number of aryl methyl sites for hydroxylation is 2. The molecule has 0 aliphatic carbocycles. The highest BCUT2D eigenvalue weighted by atomic mass is 35.5. The second-order valence-electron chi connectivity index (χ2n) is 5.62. The molecule has 1 amide bonds. The number of amides is 1. The second kappa shape index (κ2) is 8.06. The molecule has 0 unspecified atom stereocenters. The van der Waals surface area contributed by atoms with Gasteiger partial charge in [-0.05, 0) is 50.1 Å². The maximum atomic E-state index is 12.6. The Labute approximate surface area is 147 Å². The van der Waals surface area contributed by atoms with Crippen molar-refractivity contribution in [1.82, 2.24) is 0 Å². The topological polar surface area (TPSA) is 47.6 Å². The van der Waals surface area contributed by atoms with Crippen molar-refractivity contribution < 1.29 is 14.3 Å². The van der Waals surface area contributed by atoms with E-state index in [1.807, 2.05) is 39.0 Å². The molecule has 2 rings (SSSR count). The van der Waals surface area contributed by atoms with Crippen LogP contribution in [0.25, 0.3) is 0 Å². The van der Waals surface area contributed by atoms with E-state index < -0.39 is 6.10 Å². The molecule has 4 nitrogen and oxygen atoms in total. The van der Waals surface area contributed by atoms with Gasteiger partial charge in [-0.15, -0.1) is 0 Å². The summed E-state index contributed by atoms with van der Waals surface area (Å²) in [5.41, 5.74) is 2.68. The van der Waals surface area contributed by atoms with Crippen LogP contribution in [0.2, 0.25) is 5.02 Å². The Bertz CT molecular complexity index is 731. The number of benzene rings is 2. The van der Waals surface area contributed by atoms with E-state index >= 15 is 0 Å². The summed E-state index contributed by atoms with van der Waals surface area (Å²) in [7, 11) is 1.54. The van der Waals surface area contributed by atoms with E-state index in [0.717, 1.165) is 11.1 Å². The maximum Gasteiger partial charge on any atom is 0.265 e. The molecule has 0 bridgehead atoms. The molecule has 24 heavy (non-hydrogen) atoms. The molecule has 1 N–H and O–H groups in total. The SMILES string of the molecule is CC[C@@H](Oc1ccc(C)cc1C)C(=O)Nc1cc(Cl)ccc1OC. The first kappa shape index (κ1) is 18.1. The van der Waals surface area contributed by atoms with Gasteiger partial charge in [-0.3, -0.25) is 4.79 Å². The second-order valence-corrected chi connectivity index (χ2v) is 6.05. The highest BCUT2D eigenvalue weighted by Crippen LogP contribution is 2.28. The van der Waals surface area contributed by atoms with Gasteiger partial charge in [0.1, 0.15) is 11.5 Å². The van der Waals surface area contributed by atoms with Gasteiger partial charge >= 0.3 is 0 Å². The third-order valence-electron chi connectivity index (χ3n) is 3.68. The summed E-state index contributed by atoms with van der Waals surface area (Å²) in [4.78, 5) is 12.6. The van der Waals surface area contributed by atoms with Gasteiger partial charge in [-0.25, -0.2) is 0 Å². The van der Waals surface area contributed by atoms with Crippen LogP contribution in [0.15, 0.2) is 36.4 Å². The van der Waals surface area contributed by atoms with Crippen molar-refractivity contribution in [3.05, 3.63) is 52.5 Å². The van der Waals surface area contributed by atoms with E-state index in [1.165, 1.54) is 0 Å². The van der Waals surface area contributed by atoms with E-state index in [9.17, 15) is 4.79 Å². The quantitative estimate of drug-likeness (QED) is 0.819. The normalized spacial score (nSPS) is 11.7. The highest BCUT2D eigenvalue weighted by molar-refractivity contribution is 6.31. The lowest BCUT2D eigenvalue weighted by Gasteiger charge is -2.19. The Kier molecular flexibility index (Phi) is 6.10. The van der Waals surface area contributed by atoms with E-state index in [1.54, 1.807) is 25.3 Å². The number of nitrogens with one attached hydrogen (secondary N) is 1. The first-order chi connectivity index (χ1) is 11.4. The van der Waals surface area contributed by atoms with Gasteiger partial charge in [0.05, 0.1) is 12.8 Å². The van der Waals surface area contributed by atoms with Crippen molar-refractivity contribution in [1.29, 1.82) is 0 Å². The number of rotatable bonds is 6. The van der Waals surface area contributed by atoms with Crippen molar-refractivity contribution in [2.24, 2.45) is 0 Å². The molecule has 0 aliphatic heterocycles. The van der Waals surface area contributed by atoms with E-state index in [-0.39, 0.29) is 5.91 Å². The van der Waals surface area contributed by atoms with Crippen LogP contribution in [0.3, 0.4) is 0 Å². The van der Waals surface area contributed by atoms with Crippen LogP contribution >= 0.6 is 11.6 Å². The fourth-order valence-corrected chi connectivity index (χ4v) is 2.57. The highest BCUT2D eigenvalue weighted by Gasteiger charge is 2.20. The summed E-state index contributed by atoms with van der Waals surface area (Å²) in [6.07, 6.45) is -0.0581. The van der Waals surface area contributed by atoms with Gasteiger partial charge in [0.25, 0.3) is 5.91 Å². The molecule has 128 valence electrons.